The van der Waals surface area contributed by atoms with E-state index in [9.17, 15) is 4.39 Å². The van der Waals surface area contributed by atoms with Crippen LogP contribution in [0.4, 0.5) is 10.2 Å². The summed E-state index contributed by atoms with van der Waals surface area (Å²) in [5, 5.41) is 8.96. The van der Waals surface area contributed by atoms with Gasteiger partial charge in [-0.25, -0.2) is 9.37 Å². The molecule has 0 aliphatic heterocycles. The van der Waals surface area contributed by atoms with E-state index in [1.165, 1.54) is 24.3 Å². The van der Waals surface area contributed by atoms with E-state index in [1.54, 1.807) is 6.07 Å². The highest BCUT2D eigenvalue weighted by atomic mass is 19.1. The van der Waals surface area contributed by atoms with Gasteiger partial charge in [-0.2, -0.15) is 10.2 Å². The summed E-state index contributed by atoms with van der Waals surface area (Å²) < 4.78 is 24.1. The number of hydrogen-bond donors (Lipinski definition) is 1. The molecule has 0 aliphatic rings. The number of rotatable bonds is 5. The fourth-order valence-electron chi connectivity index (χ4n) is 1.61. The molecule has 108 valence electrons. The molecule has 0 spiro atoms. The van der Waals surface area contributed by atoms with E-state index in [2.05, 4.69) is 9.97 Å². The van der Waals surface area contributed by atoms with E-state index in [4.69, 9.17) is 20.5 Å². The number of nitrogen functional groups attached to an aromatic ring is 1. The van der Waals surface area contributed by atoms with Crippen molar-refractivity contribution in [2.24, 2.45) is 0 Å². The number of benzene rings is 1. The van der Waals surface area contributed by atoms with Crippen LogP contribution in [0.5, 0.6) is 11.6 Å². The maximum atomic E-state index is 13.5. The number of nitrogens with zero attached hydrogens (tertiary/aromatic N) is 3. The van der Waals surface area contributed by atoms with Gasteiger partial charge in [0.05, 0.1) is 0 Å². The number of aromatic nitrogens is 2. The van der Waals surface area contributed by atoms with E-state index in [-0.39, 0.29) is 29.6 Å². The van der Waals surface area contributed by atoms with Crippen molar-refractivity contribution in [1.29, 1.82) is 5.26 Å². The highest BCUT2D eigenvalue weighted by molar-refractivity contribution is 5.46. The van der Waals surface area contributed by atoms with Crippen LogP contribution in [0.2, 0.25) is 0 Å². The number of nitriles is 1. The lowest BCUT2D eigenvalue weighted by molar-refractivity contribution is 0.128. The number of nitrogens with two attached hydrogens (primary N) is 1. The van der Waals surface area contributed by atoms with Gasteiger partial charge in [0.1, 0.15) is 35.6 Å². The summed E-state index contributed by atoms with van der Waals surface area (Å²) in [4.78, 5) is 8.10. The predicted octanol–water partition coefficient (Wildman–Crippen LogP) is 2.40. The third-order valence-electron chi connectivity index (χ3n) is 2.51. The van der Waals surface area contributed by atoms with Gasteiger partial charge < -0.3 is 15.2 Å². The number of halogens is 1. The normalized spacial score (nSPS) is 10.1. The molecule has 7 heteroatoms. The van der Waals surface area contributed by atoms with Gasteiger partial charge in [0, 0.05) is 12.7 Å². The summed E-state index contributed by atoms with van der Waals surface area (Å²) >= 11 is 0. The first kappa shape index (κ1) is 14.7. The first-order chi connectivity index (χ1) is 10.1. The van der Waals surface area contributed by atoms with Gasteiger partial charge in [-0.1, -0.05) is 6.07 Å². The van der Waals surface area contributed by atoms with E-state index in [0.29, 0.717) is 12.4 Å². The Hall–Kier alpha value is -2.72. The SMILES string of the molecule is CCOCc1nc(N)cc(Oc2cccc(F)c2C#N)n1. The van der Waals surface area contributed by atoms with Gasteiger partial charge >= 0.3 is 0 Å². The maximum Gasteiger partial charge on any atom is 0.224 e. The van der Waals surface area contributed by atoms with E-state index in [1.807, 2.05) is 6.92 Å². The van der Waals surface area contributed by atoms with Crippen LogP contribution in [0.1, 0.15) is 18.3 Å². The topological polar surface area (TPSA) is 94.0 Å². The summed E-state index contributed by atoms with van der Waals surface area (Å²) in [6.07, 6.45) is 0. The largest absolute Gasteiger partial charge is 0.437 e. The van der Waals surface area contributed by atoms with Gasteiger partial charge in [0.25, 0.3) is 0 Å². The molecular weight excluding hydrogens is 275 g/mol. The Bertz CT molecular complexity index is 685. The fourth-order valence-corrected chi connectivity index (χ4v) is 1.61. The molecule has 1 heterocycles. The zero-order valence-electron chi connectivity index (χ0n) is 11.3. The number of ether oxygens (including phenoxy) is 2. The Kier molecular flexibility index (Phi) is 4.64. The molecule has 21 heavy (non-hydrogen) atoms. The second-order valence-corrected chi connectivity index (χ2v) is 4.01. The van der Waals surface area contributed by atoms with Crippen LogP contribution in [0.15, 0.2) is 24.3 Å². The van der Waals surface area contributed by atoms with Crippen LogP contribution >= 0.6 is 0 Å². The number of hydrogen-bond acceptors (Lipinski definition) is 6. The summed E-state index contributed by atoms with van der Waals surface area (Å²) in [5.41, 5.74) is 5.47. The molecule has 2 rings (SSSR count). The number of anilines is 1. The second-order valence-electron chi connectivity index (χ2n) is 4.01. The molecule has 6 nitrogen and oxygen atoms in total. The Morgan fingerprint density at radius 3 is 2.90 bits per heavy atom. The van der Waals surface area contributed by atoms with E-state index < -0.39 is 5.82 Å². The minimum Gasteiger partial charge on any atom is -0.437 e. The molecule has 0 radical (unpaired) electrons. The molecule has 0 unspecified atom stereocenters. The zero-order valence-corrected chi connectivity index (χ0v) is 11.3. The molecular formula is C14H13FN4O2. The van der Waals surface area contributed by atoms with Gasteiger partial charge in [-0.3, -0.25) is 0 Å². The standard InChI is InChI=1S/C14H13FN4O2/c1-2-20-8-13-18-12(17)6-14(19-13)21-11-5-3-4-10(15)9(11)7-16/h3-6H,2,8H2,1H3,(H2,17,18,19). The quantitative estimate of drug-likeness (QED) is 0.907. The fraction of sp³-hybridized carbons (Fsp3) is 0.214. The van der Waals surface area contributed by atoms with Crippen molar-refractivity contribution in [2.45, 2.75) is 13.5 Å². The molecule has 1 aromatic carbocycles. The molecule has 0 fully saturated rings. The third-order valence-corrected chi connectivity index (χ3v) is 2.51. The lowest BCUT2D eigenvalue weighted by Gasteiger charge is -2.09. The molecule has 0 saturated carbocycles. The van der Waals surface area contributed by atoms with Crippen molar-refractivity contribution < 1.29 is 13.9 Å². The van der Waals surface area contributed by atoms with Crippen molar-refractivity contribution in [2.75, 3.05) is 12.3 Å². The molecule has 0 saturated heterocycles. The van der Waals surface area contributed by atoms with Gasteiger partial charge in [0.15, 0.2) is 5.82 Å². The molecule has 0 amide bonds. The van der Waals surface area contributed by atoms with Gasteiger partial charge in [-0.15, -0.1) is 0 Å². The highest BCUT2D eigenvalue weighted by Crippen LogP contribution is 2.26. The van der Waals surface area contributed by atoms with E-state index >= 15 is 0 Å². The summed E-state index contributed by atoms with van der Waals surface area (Å²) in [7, 11) is 0. The third kappa shape index (κ3) is 3.64. The Morgan fingerprint density at radius 1 is 1.38 bits per heavy atom. The lowest BCUT2D eigenvalue weighted by atomic mass is 10.2. The Labute approximate surface area is 121 Å². The van der Waals surface area contributed by atoms with Crippen molar-refractivity contribution in [3.05, 3.63) is 41.5 Å². The molecule has 0 bridgehead atoms. The Morgan fingerprint density at radius 2 is 2.19 bits per heavy atom. The first-order valence-electron chi connectivity index (χ1n) is 6.21. The molecule has 0 aliphatic carbocycles. The minimum absolute atomic E-state index is 0.0676. The van der Waals surface area contributed by atoms with Crippen LogP contribution in [0.25, 0.3) is 0 Å². The van der Waals surface area contributed by atoms with Crippen LogP contribution in [-0.2, 0) is 11.3 Å². The van der Waals surface area contributed by atoms with Gasteiger partial charge in [0.2, 0.25) is 5.88 Å². The predicted molar refractivity (Wildman–Crippen MR) is 73.0 cm³/mol. The molecule has 1 aromatic heterocycles. The summed E-state index contributed by atoms with van der Waals surface area (Å²) in [5.74, 6) is 0.0789. The average molecular weight is 288 g/mol. The Balaban J connectivity index is 2.30. The van der Waals surface area contributed by atoms with Crippen LogP contribution < -0.4 is 10.5 Å². The average Bonchev–Trinajstić information content (AvgIpc) is 2.45. The summed E-state index contributed by atoms with van der Waals surface area (Å²) in [6.45, 7) is 2.54. The zero-order chi connectivity index (χ0) is 15.2. The lowest BCUT2D eigenvalue weighted by Crippen LogP contribution is -2.04. The van der Waals surface area contributed by atoms with E-state index in [0.717, 1.165) is 0 Å². The van der Waals surface area contributed by atoms with Crippen LogP contribution in [-0.4, -0.2) is 16.6 Å². The molecule has 0 atom stereocenters. The van der Waals surface area contributed by atoms with Crippen molar-refractivity contribution in [3.8, 4) is 17.7 Å². The summed E-state index contributed by atoms with van der Waals surface area (Å²) in [6, 6.07) is 7.24. The first-order valence-corrected chi connectivity index (χ1v) is 6.21. The van der Waals surface area contributed by atoms with Gasteiger partial charge in [-0.05, 0) is 19.1 Å². The minimum atomic E-state index is -0.661. The smallest absolute Gasteiger partial charge is 0.224 e. The van der Waals surface area contributed by atoms with Crippen molar-refractivity contribution >= 4 is 5.82 Å². The second kappa shape index (κ2) is 6.63. The molecule has 2 N–H and O–H groups in total. The van der Waals surface area contributed by atoms with Crippen LogP contribution in [0.3, 0.4) is 0 Å². The van der Waals surface area contributed by atoms with Crippen molar-refractivity contribution in [3.63, 3.8) is 0 Å². The monoisotopic (exact) mass is 288 g/mol. The highest BCUT2D eigenvalue weighted by Gasteiger charge is 2.12. The van der Waals surface area contributed by atoms with Crippen molar-refractivity contribution in [1.82, 2.24) is 9.97 Å². The maximum absolute atomic E-state index is 13.5. The molecule has 2 aromatic rings. The van der Waals surface area contributed by atoms with Crippen LogP contribution in [0, 0.1) is 17.1 Å².